The summed E-state index contributed by atoms with van der Waals surface area (Å²) < 4.78 is 5.79. The summed E-state index contributed by atoms with van der Waals surface area (Å²) in [6.45, 7) is 12.4. The Hall–Kier alpha value is -2.82. The Morgan fingerprint density at radius 3 is 2.13 bits per heavy atom. The minimum Gasteiger partial charge on any atom is -0.484 e. The molecule has 0 bridgehead atoms. The van der Waals surface area contributed by atoms with Gasteiger partial charge in [-0.05, 0) is 48.9 Å². The second kappa shape index (κ2) is 11.0. The molecule has 0 unspecified atom stereocenters. The van der Waals surface area contributed by atoms with E-state index in [1.54, 1.807) is 4.90 Å². The molecule has 0 radical (unpaired) electrons. The third-order valence-electron chi connectivity index (χ3n) is 5.10. The molecule has 1 N–H and O–H groups in total. The second-order valence-electron chi connectivity index (χ2n) is 9.16. The van der Waals surface area contributed by atoms with Gasteiger partial charge in [0.2, 0.25) is 5.91 Å². The number of carbonyl (C=O) groups is 2. The molecular weight excluding hydrogens is 388 g/mol. The fourth-order valence-electron chi connectivity index (χ4n) is 3.36. The summed E-state index contributed by atoms with van der Waals surface area (Å²) in [6.07, 6.45) is 0.525. The molecule has 2 rings (SSSR count). The number of ether oxygens (including phenoxy) is 1. The van der Waals surface area contributed by atoms with Crippen LogP contribution in [-0.4, -0.2) is 35.4 Å². The van der Waals surface area contributed by atoms with Crippen molar-refractivity contribution in [2.24, 2.45) is 0 Å². The van der Waals surface area contributed by atoms with E-state index in [1.807, 2.05) is 75.4 Å². The first-order chi connectivity index (χ1) is 14.6. The van der Waals surface area contributed by atoms with E-state index >= 15 is 0 Å². The monoisotopic (exact) mass is 424 g/mol. The molecule has 0 spiro atoms. The van der Waals surface area contributed by atoms with Crippen molar-refractivity contribution in [3.8, 4) is 5.75 Å². The van der Waals surface area contributed by atoms with Crippen molar-refractivity contribution >= 4 is 11.8 Å². The average Bonchev–Trinajstić information content (AvgIpc) is 2.71. The van der Waals surface area contributed by atoms with Gasteiger partial charge in [0.05, 0.1) is 0 Å². The summed E-state index contributed by atoms with van der Waals surface area (Å²) in [4.78, 5) is 27.6. The fraction of sp³-hybridized carbons (Fsp3) is 0.462. The van der Waals surface area contributed by atoms with Gasteiger partial charge in [0.1, 0.15) is 11.8 Å². The quantitative estimate of drug-likeness (QED) is 0.635. The van der Waals surface area contributed by atoms with Crippen molar-refractivity contribution in [3.63, 3.8) is 0 Å². The first-order valence-electron chi connectivity index (χ1n) is 11.0. The summed E-state index contributed by atoms with van der Waals surface area (Å²) in [5.74, 6) is 0.284. The molecule has 0 aliphatic carbocycles. The highest BCUT2D eigenvalue weighted by Crippen LogP contribution is 2.24. The summed E-state index contributed by atoms with van der Waals surface area (Å²) >= 11 is 0. The van der Waals surface area contributed by atoms with Crippen LogP contribution in [0.4, 0.5) is 0 Å². The van der Waals surface area contributed by atoms with E-state index < -0.39 is 6.04 Å². The lowest BCUT2D eigenvalue weighted by Gasteiger charge is -2.31. The number of carbonyl (C=O) groups excluding carboxylic acids is 2. The lowest BCUT2D eigenvalue weighted by Crippen LogP contribution is -2.51. The maximum Gasteiger partial charge on any atom is 0.261 e. The molecule has 168 valence electrons. The third-order valence-corrected chi connectivity index (χ3v) is 5.10. The predicted octanol–water partition coefficient (Wildman–Crippen LogP) is 4.69. The molecule has 0 saturated carbocycles. The van der Waals surface area contributed by atoms with Crippen molar-refractivity contribution < 1.29 is 14.3 Å². The second-order valence-corrected chi connectivity index (χ2v) is 9.16. The van der Waals surface area contributed by atoms with Crippen molar-refractivity contribution in [1.82, 2.24) is 10.2 Å². The molecule has 5 nitrogen and oxygen atoms in total. The van der Waals surface area contributed by atoms with Gasteiger partial charge in [0.25, 0.3) is 5.91 Å². The highest BCUT2D eigenvalue weighted by molar-refractivity contribution is 5.88. The molecule has 1 atom stereocenters. The normalized spacial score (nSPS) is 12.4. The van der Waals surface area contributed by atoms with Gasteiger partial charge in [-0.1, -0.05) is 70.2 Å². The number of amides is 2. The minimum absolute atomic E-state index is 0.00723. The van der Waals surface area contributed by atoms with Crippen LogP contribution >= 0.6 is 0 Å². The molecule has 0 fully saturated rings. The number of nitrogens with zero attached hydrogens (tertiary/aromatic N) is 1. The number of nitrogens with one attached hydrogen (secondary N) is 1. The van der Waals surface area contributed by atoms with Gasteiger partial charge < -0.3 is 15.0 Å². The van der Waals surface area contributed by atoms with E-state index in [4.69, 9.17) is 4.74 Å². The van der Waals surface area contributed by atoms with Crippen LogP contribution < -0.4 is 10.1 Å². The van der Waals surface area contributed by atoms with Gasteiger partial charge in [-0.15, -0.1) is 0 Å². The van der Waals surface area contributed by atoms with Crippen LogP contribution in [0.15, 0.2) is 54.6 Å². The van der Waals surface area contributed by atoms with Crippen molar-refractivity contribution in [2.75, 3.05) is 6.61 Å². The Morgan fingerprint density at radius 1 is 1.00 bits per heavy atom. The maximum absolute atomic E-state index is 13.2. The lowest BCUT2D eigenvalue weighted by molar-refractivity contribution is -0.143. The molecule has 0 aromatic heterocycles. The van der Waals surface area contributed by atoms with Crippen LogP contribution in [0.3, 0.4) is 0 Å². The van der Waals surface area contributed by atoms with E-state index in [2.05, 4.69) is 26.1 Å². The van der Waals surface area contributed by atoms with Crippen LogP contribution in [-0.2, 0) is 21.5 Å². The highest BCUT2D eigenvalue weighted by Gasteiger charge is 2.29. The van der Waals surface area contributed by atoms with Gasteiger partial charge in [-0.3, -0.25) is 9.59 Å². The average molecular weight is 425 g/mol. The number of benzene rings is 2. The van der Waals surface area contributed by atoms with Crippen LogP contribution in [0.5, 0.6) is 5.75 Å². The Balaban J connectivity index is 2.15. The molecule has 31 heavy (non-hydrogen) atoms. The fourth-order valence-corrected chi connectivity index (χ4v) is 3.36. The van der Waals surface area contributed by atoms with Gasteiger partial charge in [-0.2, -0.15) is 0 Å². The van der Waals surface area contributed by atoms with Crippen molar-refractivity contribution in [1.29, 1.82) is 0 Å². The number of hydrogen-bond donors (Lipinski definition) is 1. The van der Waals surface area contributed by atoms with E-state index in [0.717, 1.165) is 5.56 Å². The van der Waals surface area contributed by atoms with Gasteiger partial charge in [0.15, 0.2) is 6.61 Å². The van der Waals surface area contributed by atoms with E-state index in [0.29, 0.717) is 18.7 Å². The zero-order chi connectivity index (χ0) is 23.0. The molecular formula is C26H36N2O3. The van der Waals surface area contributed by atoms with E-state index in [1.165, 1.54) is 5.56 Å². The Labute approximate surface area is 186 Å². The largest absolute Gasteiger partial charge is 0.484 e. The molecule has 2 amide bonds. The van der Waals surface area contributed by atoms with E-state index in [9.17, 15) is 9.59 Å². The zero-order valence-electron chi connectivity index (χ0n) is 19.6. The molecule has 2 aromatic rings. The van der Waals surface area contributed by atoms with Gasteiger partial charge in [-0.25, -0.2) is 0 Å². The molecule has 5 heteroatoms. The Bertz CT molecular complexity index is 839. The number of rotatable bonds is 9. The van der Waals surface area contributed by atoms with Crippen molar-refractivity contribution in [2.45, 2.75) is 72.0 Å². The molecule has 0 heterocycles. The maximum atomic E-state index is 13.2. The molecule has 0 aliphatic rings. The molecule has 0 saturated heterocycles. The predicted molar refractivity (Wildman–Crippen MR) is 125 cm³/mol. The molecule has 2 aromatic carbocycles. The van der Waals surface area contributed by atoms with Crippen LogP contribution in [0.1, 0.15) is 59.1 Å². The number of hydrogen-bond acceptors (Lipinski definition) is 3. The Kier molecular flexibility index (Phi) is 8.66. The van der Waals surface area contributed by atoms with E-state index in [-0.39, 0.29) is 29.9 Å². The smallest absolute Gasteiger partial charge is 0.261 e. The standard InChI is InChI=1S/C26H36N2O3/c1-7-23(25(30)27-19(2)3)28(17-20-11-9-8-10-12-20)24(29)18-31-22-15-13-21(14-16-22)26(4,5)6/h8-16,19,23H,7,17-18H2,1-6H3,(H,27,30)/t23-/m1/s1. The summed E-state index contributed by atoms with van der Waals surface area (Å²) in [7, 11) is 0. The highest BCUT2D eigenvalue weighted by atomic mass is 16.5. The zero-order valence-corrected chi connectivity index (χ0v) is 19.6. The van der Waals surface area contributed by atoms with Gasteiger partial charge in [0, 0.05) is 12.6 Å². The van der Waals surface area contributed by atoms with Crippen LogP contribution in [0.2, 0.25) is 0 Å². The molecule has 0 aliphatic heterocycles. The first-order valence-corrected chi connectivity index (χ1v) is 11.0. The third kappa shape index (κ3) is 7.42. The van der Waals surface area contributed by atoms with Crippen LogP contribution in [0.25, 0.3) is 0 Å². The first kappa shape index (κ1) is 24.4. The SMILES string of the molecule is CC[C@H](C(=O)NC(C)C)N(Cc1ccccc1)C(=O)COc1ccc(C(C)(C)C)cc1. The van der Waals surface area contributed by atoms with Gasteiger partial charge >= 0.3 is 0 Å². The summed E-state index contributed by atoms with van der Waals surface area (Å²) in [5.41, 5.74) is 2.23. The lowest BCUT2D eigenvalue weighted by atomic mass is 9.87. The Morgan fingerprint density at radius 2 is 1.61 bits per heavy atom. The van der Waals surface area contributed by atoms with Crippen molar-refractivity contribution in [3.05, 3.63) is 65.7 Å². The summed E-state index contributed by atoms with van der Waals surface area (Å²) in [6, 6.07) is 17.0. The summed E-state index contributed by atoms with van der Waals surface area (Å²) in [5, 5.41) is 2.94. The minimum atomic E-state index is -0.554. The van der Waals surface area contributed by atoms with Crippen LogP contribution in [0, 0.1) is 0 Å². The topological polar surface area (TPSA) is 58.6 Å².